The van der Waals surface area contributed by atoms with Crippen molar-refractivity contribution in [3.8, 4) is 0 Å². The Bertz CT molecular complexity index is 1030. The van der Waals surface area contributed by atoms with Crippen LogP contribution in [0.5, 0.6) is 0 Å². The van der Waals surface area contributed by atoms with Crippen LogP contribution in [0.3, 0.4) is 0 Å². The van der Waals surface area contributed by atoms with Gasteiger partial charge in [-0.2, -0.15) is 4.31 Å². The van der Waals surface area contributed by atoms with Crippen LogP contribution in [-0.2, 0) is 14.8 Å². The standard InChI is InChI=1S/C19H23N3O5S2/c1-12-7-4-5-10-22(12)29(25,26)15-9-6-8-14(11-15)17(23)21-19-20-13(2)16(28-19)18(24)27-3/h6,8-9,11-12H,4-5,7,10H2,1-3H3,(H,20,21,23). The first-order valence-corrected chi connectivity index (χ1v) is 11.5. The van der Waals surface area contributed by atoms with Crippen LogP contribution in [-0.4, -0.2) is 49.3 Å². The molecule has 1 atom stereocenters. The molecule has 10 heteroatoms. The van der Waals surface area contributed by atoms with Crippen LogP contribution in [0.25, 0.3) is 0 Å². The molecule has 1 N–H and O–H groups in total. The molecule has 0 aliphatic carbocycles. The quantitative estimate of drug-likeness (QED) is 0.721. The molecule has 29 heavy (non-hydrogen) atoms. The fourth-order valence-corrected chi connectivity index (χ4v) is 5.89. The molecular formula is C19H23N3O5S2. The van der Waals surface area contributed by atoms with Gasteiger partial charge in [-0.05, 0) is 44.9 Å². The molecule has 2 aromatic rings. The second-order valence-corrected chi connectivity index (χ2v) is 9.76. The van der Waals surface area contributed by atoms with Crippen LogP contribution in [0.15, 0.2) is 29.2 Å². The Labute approximate surface area is 173 Å². The Kier molecular flexibility index (Phi) is 6.35. The van der Waals surface area contributed by atoms with Crippen LogP contribution < -0.4 is 5.32 Å². The van der Waals surface area contributed by atoms with Crippen LogP contribution in [0.4, 0.5) is 5.13 Å². The van der Waals surface area contributed by atoms with Gasteiger partial charge < -0.3 is 4.74 Å². The third-order valence-corrected chi connectivity index (χ3v) is 7.90. The molecule has 0 radical (unpaired) electrons. The molecule has 1 aromatic carbocycles. The largest absolute Gasteiger partial charge is 0.465 e. The Morgan fingerprint density at radius 3 is 2.76 bits per heavy atom. The summed E-state index contributed by atoms with van der Waals surface area (Å²) in [6, 6.07) is 5.88. The van der Waals surface area contributed by atoms with Crippen LogP contribution in [0, 0.1) is 6.92 Å². The molecule has 0 spiro atoms. The minimum Gasteiger partial charge on any atom is -0.465 e. The molecular weight excluding hydrogens is 414 g/mol. The molecule has 156 valence electrons. The number of methoxy groups -OCH3 is 1. The highest BCUT2D eigenvalue weighted by molar-refractivity contribution is 7.89. The zero-order valence-corrected chi connectivity index (χ0v) is 18.1. The Morgan fingerprint density at radius 2 is 2.07 bits per heavy atom. The van der Waals surface area contributed by atoms with Crippen LogP contribution >= 0.6 is 11.3 Å². The number of hydrogen-bond acceptors (Lipinski definition) is 7. The van der Waals surface area contributed by atoms with E-state index in [0.717, 1.165) is 30.6 Å². The molecule has 1 aliphatic rings. The van der Waals surface area contributed by atoms with E-state index in [2.05, 4.69) is 15.0 Å². The first-order valence-electron chi connectivity index (χ1n) is 9.23. The number of sulfonamides is 1. The Morgan fingerprint density at radius 1 is 1.31 bits per heavy atom. The fraction of sp³-hybridized carbons (Fsp3) is 0.421. The van der Waals surface area contributed by atoms with Gasteiger partial charge in [-0.1, -0.05) is 23.8 Å². The number of anilines is 1. The van der Waals surface area contributed by atoms with E-state index >= 15 is 0 Å². The lowest BCUT2D eigenvalue weighted by Gasteiger charge is -2.32. The minimum atomic E-state index is -3.68. The van der Waals surface area contributed by atoms with E-state index < -0.39 is 21.9 Å². The first-order chi connectivity index (χ1) is 13.7. The van der Waals surface area contributed by atoms with Gasteiger partial charge in [-0.25, -0.2) is 18.2 Å². The smallest absolute Gasteiger partial charge is 0.350 e. The zero-order chi connectivity index (χ0) is 21.2. The summed E-state index contributed by atoms with van der Waals surface area (Å²) in [5.41, 5.74) is 0.649. The summed E-state index contributed by atoms with van der Waals surface area (Å²) in [5.74, 6) is -1.02. The van der Waals surface area contributed by atoms with E-state index in [9.17, 15) is 18.0 Å². The maximum atomic E-state index is 13.0. The van der Waals surface area contributed by atoms with E-state index in [1.54, 1.807) is 13.0 Å². The van der Waals surface area contributed by atoms with Crippen molar-refractivity contribution >= 4 is 38.4 Å². The van der Waals surface area contributed by atoms with E-state index in [-0.39, 0.29) is 21.6 Å². The molecule has 1 fully saturated rings. The van der Waals surface area contributed by atoms with Gasteiger partial charge in [-0.3, -0.25) is 10.1 Å². The number of hydrogen-bond donors (Lipinski definition) is 1. The van der Waals surface area contributed by atoms with Gasteiger partial charge in [0, 0.05) is 18.2 Å². The lowest BCUT2D eigenvalue weighted by atomic mass is 10.1. The van der Waals surface area contributed by atoms with Crippen molar-refractivity contribution < 1.29 is 22.7 Å². The highest BCUT2D eigenvalue weighted by Crippen LogP contribution is 2.27. The molecule has 2 heterocycles. The highest BCUT2D eigenvalue weighted by Gasteiger charge is 2.31. The second-order valence-electron chi connectivity index (χ2n) is 6.87. The number of carbonyl (C=O) groups is 2. The van der Waals surface area contributed by atoms with Crippen molar-refractivity contribution in [2.45, 2.75) is 44.0 Å². The van der Waals surface area contributed by atoms with Crippen molar-refractivity contribution in [2.24, 2.45) is 0 Å². The zero-order valence-electron chi connectivity index (χ0n) is 16.5. The van der Waals surface area contributed by atoms with Crippen molar-refractivity contribution in [2.75, 3.05) is 19.0 Å². The summed E-state index contributed by atoms with van der Waals surface area (Å²) in [6.45, 7) is 4.02. The number of piperidine rings is 1. The lowest BCUT2D eigenvalue weighted by molar-refractivity contribution is 0.0605. The molecule has 1 aliphatic heterocycles. The van der Waals surface area contributed by atoms with Gasteiger partial charge in [-0.15, -0.1) is 0 Å². The maximum absolute atomic E-state index is 13.0. The van der Waals surface area contributed by atoms with Gasteiger partial charge in [0.15, 0.2) is 5.13 Å². The van der Waals surface area contributed by atoms with Crippen molar-refractivity contribution in [3.05, 3.63) is 40.4 Å². The summed E-state index contributed by atoms with van der Waals surface area (Å²) in [4.78, 5) is 28.9. The molecule has 8 nitrogen and oxygen atoms in total. The maximum Gasteiger partial charge on any atom is 0.350 e. The molecule has 1 unspecified atom stereocenters. The Hall–Kier alpha value is -2.30. The summed E-state index contributed by atoms with van der Waals surface area (Å²) in [7, 11) is -2.41. The SMILES string of the molecule is COC(=O)c1sc(NC(=O)c2cccc(S(=O)(=O)N3CCCCC3C)c2)nc1C. The molecule has 0 bridgehead atoms. The van der Waals surface area contributed by atoms with E-state index in [0.29, 0.717) is 17.1 Å². The number of nitrogens with one attached hydrogen (secondary N) is 1. The van der Waals surface area contributed by atoms with Crippen molar-refractivity contribution in [3.63, 3.8) is 0 Å². The molecule has 0 saturated carbocycles. The predicted octanol–water partition coefficient (Wildman–Crippen LogP) is 3.05. The van der Waals surface area contributed by atoms with E-state index in [1.165, 1.54) is 29.6 Å². The van der Waals surface area contributed by atoms with Crippen molar-refractivity contribution in [1.29, 1.82) is 0 Å². The number of rotatable bonds is 5. The number of aromatic nitrogens is 1. The monoisotopic (exact) mass is 437 g/mol. The van der Waals surface area contributed by atoms with Gasteiger partial charge in [0.2, 0.25) is 10.0 Å². The van der Waals surface area contributed by atoms with Gasteiger partial charge in [0.05, 0.1) is 17.7 Å². The lowest BCUT2D eigenvalue weighted by Crippen LogP contribution is -2.41. The second kappa shape index (κ2) is 8.60. The third-order valence-electron chi connectivity index (χ3n) is 4.83. The average Bonchev–Trinajstić information content (AvgIpc) is 3.07. The number of esters is 1. The molecule has 3 rings (SSSR count). The fourth-order valence-electron chi connectivity index (χ4n) is 3.26. The number of ether oxygens (including phenoxy) is 1. The van der Waals surface area contributed by atoms with Crippen LogP contribution in [0.2, 0.25) is 0 Å². The normalized spacial score (nSPS) is 17.7. The summed E-state index contributed by atoms with van der Waals surface area (Å²) in [6.07, 6.45) is 2.66. The average molecular weight is 438 g/mol. The number of carbonyl (C=O) groups excluding carboxylic acids is 2. The number of benzene rings is 1. The number of thiazole rings is 1. The van der Waals surface area contributed by atoms with Gasteiger partial charge in [0.1, 0.15) is 4.88 Å². The number of nitrogens with zero attached hydrogens (tertiary/aromatic N) is 2. The molecule has 1 aromatic heterocycles. The van der Waals surface area contributed by atoms with Crippen molar-refractivity contribution in [1.82, 2.24) is 9.29 Å². The predicted molar refractivity (Wildman–Crippen MR) is 110 cm³/mol. The Balaban J connectivity index is 1.82. The van der Waals surface area contributed by atoms with Crippen LogP contribution in [0.1, 0.15) is 51.9 Å². The first kappa shape index (κ1) is 21.4. The topological polar surface area (TPSA) is 106 Å². The number of aryl methyl sites for hydroxylation is 1. The van der Waals surface area contributed by atoms with Gasteiger partial charge in [0.25, 0.3) is 5.91 Å². The third kappa shape index (κ3) is 4.49. The summed E-state index contributed by atoms with van der Waals surface area (Å²) >= 11 is 1.00. The highest BCUT2D eigenvalue weighted by atomic mass is 32.2. The number of amides is 1. The minimum absolute atomic E-state index is 0.0683. The molecule has 1 amide bonds. The van der Waals surface area contributed by atoms with E-state index in [4.69, 9.17) is 0 Å². The van der Waals surface area contributed by atoms with E-state index in [1.807, 2.05) is 6.92 Å². The summed E-state index contributed by atoms with van der Waals surface area (Å²) in [5, 5.41) is 2.86. The molecule has 1 saturated heterocycles. The summed E-state index contributed by atoms with van der Waals surface area (Å²) < 4.78 is 32.2. The van der Waals surface area contributed by atoms with Gasteiger partial charge >= 0.3 is 5.97 Å².